The van der Waals surface area contributed by atoms with E-state index in [-0.39, 0.29) is 12.3 Å². The van der Waals surface area contributed by atoms with E-state index in [0.29, 0.717) is 12.8 Å². The first-order chi connectivity index (χ1) is 20.8. The predicted octanol–water partition coefficient (Wildman–Crippen LogP) is 9.34. The summed E-state index contributed by atoms with van der Waals surface area (Å²) < 4.78 is 32.2. The monoisotopic (exact) mass is 621 g/mol. The van der Waals surface area contributed by atoms with E-state index >= 15 is 0 Å². The molecule has 0 radical (unpaired) electrons. The number of rotatable bonds is 29. The van der Waals surface area contributed by atoms with Crippen LogP contribution in [-0.4, -0.2) is 41.9 Å². The van der Waals surface area contributed by atoms with Crippen LogP contribution in [0.3, 0.4) is 0 Å². The molecule has 0 heterocycles. The fourth-order valence-corrected chi connectivity index (χ4v) is 5.29. The Bertz CT molecular complexity index is 905. The van der Waals surface area contributed by atoms with E-state index in [4.69, 9.17) is 0 Å². The molecule has 1 amide bonds. The Hall–Kier alpha value is -1.96. The van der Waals surface area contributed by atoms with Gasteiger partial charge in [-0.3, -0.25) is 9.35 Å². The first-order valence-corrected chi connectivity index (χ1v) is 18.6. The number of unbranched alkanes of at least 4 members (excludes halogenated alkanes) is 13. The molecule has 0 aromatic carbocycles. The molecule has 0 fully saturated rings. The number of hydrogen-bond acceptors (Lipinski definition) is 4. The molecule has 3 N–H and O–H groups in total. The first-order valence-electron chi connectivity index (χ1n) is 17.0. The fourth-order valence-electron chi connectivity index (χ4n) is 4.55. The number of carbonyl (C=O) groups is 1. The van der Waals surface area contributed by atoms with Crippen LogP contribution in [0.2, 0.25) is 0 Å². The van der Waals surface area contributed by atoms with Gasteiger partial charge >= 0.3 is 0 Å². The van der Waals surface area contributed by atoms with Crippen molar-refractivity contribution in [3.05, 3.63) is 60.8 Å². The average molecular weight is 622 g/mol. The van der Waals surface area contributed by atoms with Crippen LogP contribution in [-0.2, 0) is 14.9 Å². The lowest BCUT2D eigenvalue weighted by Crippen LogP contribution is -2.46. The van der Waals surface area contributed by atoms with Crippen LogP contribution in [0, 0.1) is 0 Å². The molecule has 248 valence electrons. The third-order valence-electron chi connectivity index (χ3n) is 7.14. The summed E-state index contributed by atoms with van der Waals surface area (Å²) in [5, 5.41) is 13.1. The van der Waals surface area contributed by atoms with E-state index < -0.39 is 28.0 Å². The minimum atomic E-state index is -4.36. The molecule has 0 aliphatic carbocycles. The van der Waals surface area contributed by atoms with Crippen LogP contribution in [0.5, 0.6) is 0 Å². The third kappa shape index (κ3) is 31.3. The summed E-state index contributed by atoms with van der Waals surface area (Å²) in [6.45, 7) is 4.42. The van der Waals surface area contributed by atoms with Gasteiger partial charge in [0.05, 0.1) is 17.9 Å². The number of amides is 1. The second-order valence-corrected chi connectivity index (χ2v) is 12.9. The number of nitrogens with one attached hydrogen (secondary N) is 1. The summed E-state index contributed by atoms with van der Waals surface area (Å²) in [6, 6.07) is -1.09. The van der Waals surface area contributed by atoms with Gasteiger partial charge < -0.3 is 10.4 Å². The number of aliphatic hydroxyl groups excluding tert-OH is 1. The van der Waals surface area contributed by atoms with E-state index in [1.54, 1.807) is 6.08 Å². The number of allylic oxidation sites excluding steroid dienone is 9. The Morgan fingerprint density at radius 2 is 1.09 bits per heavy atom. The second-order valence-electron chi connectivity index (χ2n) is 11.4. The zero-order valence-corrected chi connectivity index (χ0v) is 28.1. The van der Waals surface area contributed by atoms with E-state index in [1.165, 1.54) is 51.0 Å². The molecule has 0 saturated heterocycles. The van der Waals surface area contributed by atoms with Crippen molar-refractivity contribution < 1.29 is 22.9 Å². The number of hydrogen-bond donors (Lipinski definition) is 3. The van der Waals surface area contributed by atoms with Gasteiger partial charge in [0.15, 0.2) is 0 Å². The van der Waals surface area contributed by atoms with Crippen LogP contribution < -0.4 is 5.32 Å². The third-order valence-corrected chi connectivity index (χ3v) is 7.92. The minimum absolute atomic E-state index is 0.266. The van der Waals surface area contributed by atoms with Crippen molar-refractivity contribution in [3.8, 4) is 0 Å². The van der Waals surface area contributed by atoms with Crippen LogP contribution in [0.15, 0.2) is 60.8 Å². The Morgan fingerprint density at radius 3 is 1.67 bits per heavy atom. The molecule has 7 heteroatoms. The van der Waals surface area contributed by atoms with Crippen molar-refractivity contribution in [1.29, 1.82) is 0 Å². The molecule has 0 saturated carbocycles. The fraction of sp³-hybridized carbons (Fsp3) is 0.694. The molecule has 43 heavy (non-hydrogen) atoms. The highest BCUT2D eigenvalue weighted by atomic mass is 32.2. The quantitative estimate of drug-likeness (QED) is 0.0439. The summed E-state index contributed by atoms with van der Waals surface area (Å²) in [5.74, 6) is -1.04. The van der Waals surface area contributed by atoms with Gasteiger partial charge in [0.1, 0.15) is 0 Å². The molecule has 0 spiro atoms. The van der Waals surface area contributed by atoms with Crippen LogP contribution in [0.25, 0.3) is 0 Å². The Morgan fingerprint density at radius 1 is 0.628 bits per heavy atom. The van der Waals surface area contributed by atoms with Gasteiger partial charge in [-0.1, -0.05) is 126 Å². The van der Waals surface area contributed by atoms with Gasteiger partial charge in [-0.05, 0) is 70.6 Å². The molecule has 2 unspecified atom stereocenters. The van der Waals surface area contributed by atoms with Crippen molar-refractivity contribution in [3.63, 3.8) is 0 Å². The van der Waals surface area contributed by atoms with Gasteiger partial charge in [-0.25, -0.2) is 0 Å². The summed E-state index contributed by atoms with van der Waals surface area (Å²) in [4.78, 5) is 12.4. The number of carbonyl (C=O) groups excluding carboxylic acids is 1. The van der Waals surface area contributed by atoms with Crippen LogP contribution >= 0.6 is 0 Å². The first kappa shape index (κ1) is 41.0. The van der Waals surface area contributed by atoms with Crippen LogP contribution in [0.1, 0.15) is 142 Å². The minimum Gasteiger partial charge on any atom is -0.387 e. The molecule has 0 aliphatic rings. The maximum atomic E-state index is 12.4. The highest BCUT2D eigenvalue weighted by Gasteiger charge is 2.24. The highest BCUT2D eigenvalue weighted by molar-refractivity contribution is 7.85. The summed E-state index contributed by atoms with van der Waals surface area (Å²) in [6.07, 6.45) is 40.6. The smallest absolute Gasteiger partial charge is 0.267 e. The van der Waals surface area contributed by atoms with E-state index in [0.717, 1.165) is 64.2 Å². The van der Waals surface area contributed by atoms with E-state index in [2.05, 4.69) is 67.8 Å². The maximum Gasteiger partial charge on any atom is 0.267 e. The SMILES string of the molecule is CCCC/C=C/CC/C=C/CC/C=C/C(O)C(CS(=O)(=O)O)NC(=O)CCCCCCC/C=C\C/C=C\CCCCCC. The molecule has 0 aromatic rings. The molecule has 0 aromatic heterocycles. The van der Waals surface area contributed by atoms with Crippen molar-refractivity contribution >= 4 is 16.0 Å². The molecule has 0 aliphatic heterocycles. The Labute approximate surface area is 264 Å². The summed E-state index contributed by atoms with van der Waals surface area (Å²) in [5.41, 5.74) is 0. The molecular weight excluding hydrogens is 558 g/mol. The van der Waals surface area contributed by atoms with Gasteiger partial charge in [-0.15, -0.1) is 0 Å². The predicted molar refractivity (Wildman–Crippen MR) is 184 cm³/mol. The maximum absolute atomic E-state index is 12.4. The Kier molecular flexibility index (Phi) is 28.7. The van der Waals surface area contributed by atoms with Crippen molar-refractivity contribution in [2.75, 3.05) is 5.75 Å². The molecule has 2 atom stereocenters. The zero-order chi connectivity index (χ0) is 31.9. The molecule has 0 bridgehead atoms. The second kappa shape index (κ2) is 30.1. The van der Waals surface area contributed by atoms with Crippen molar-refractivity contribution in [2.24, 2.45) is 0 Å². The topological polar surface area (TPSA) is 104 Å². The van der Waals surface area contributed by atoms with Gasteiger partial charge in [0.25, 0.3) is 10.1 Å². The largest absolute Gasteiger partial charge is 0.387 e. The van der Waals surface area contributed by atoms with Gasteiger partial charge in [0.2, 0.25) is 5.91 Å². The van der Waals surface area contributed by atoms with Gasteiger partial charge in [0, 0.05) is 6.42 Å². The van der Waals surface area contributed by atoms with Crippen molar-refractivity contribution in [2.45, 2.75) is 154 Å². The van der Waals surface area contributed by atoms with E-state index in [9.17, 15) is 22.9 Å². The summed E-state index contributed by atoms with van der Waals surface area (Å²) in [7, 11) is -4.36. The standard InChI is InChI=1S/C36H63NO5S/c1-3-5-7-9-11-13-15-17-18-19-20-22-24-26-28-30-32-36(39)37-34(33-43(40,41)42)35(38)31-29-27-25-23-21-16-14-12-10-8-6-4-2/h10,12-13,15,18-19,21,23,29,31,34-35,38H,3-9,11,14,16-17,20,22,24-28,30,32-33H2,1-2H3,(H,37,39)(H,40,41,42)/b12-10+,15-13-,19-18-,23-21+,31-29+. The molecule has 0 rings (SSSR count). The lowest BCUT2D eigenvalue weighted by Gasteiger charge is -2.21. The average Bonchev–Trinajstić information content (AvgIpc) is 2.96. The lowest BCUT2D eigenvalue weighted by atomic mass is 10.1. The van der Waals surface area contributed by atoms with E-state index in [1.807, 2.05) is 0 Å². The highest BCUT2D eigenvalue weighted by Crippen LogP contribution is 2.10. The normalized spacial score (nSPS) is 14.2. The number of aliphatic hydroxyl groups is 1. The van der Waals surface area contributed by atoms with Crippen molar-refractivity contribution in [1.82, 2.24) is 5.32 Å². The Balaban J connectivity index is 4.14. The molecule has 6 nitrogen and oxygen atoms in total. The van der Waals surface area contributed by atoms with Crippen LogP contribution in [0.4, 0.5) is 0 Å². The van der Waals surface area contributed by atoms with Gasteiger partial charge in [-0.2, -0.15) is 8.42 Å². The summed E-state index contributed by atoms with van der Waals surface area (Å²) >= 11 is 0. The zero-order valence-electron chi connectivity index (χ0n) is 27.3. The molecular formula is C36H63NO5S. The lowest BCUT2D eigenvalue weighted by molar-refractivity contribution is -0.122.